The highest BCUT2D eigenvalue weighted by molar-refractivity contribution is 5.87. The van der Waals surface area contributed by atoms with E-state index in [2.05, 4.69) is 5.32 Å². The van der Waals surface area contributed by atoms with Gasteiger partial charge in [-0.1, -0.05) is 48.5 Å². The molecule has 2 aromatic carbocycles. The Kier molecular flexibility index (Phi) is 6.82. The number of benzene rings is 2. The maximum atomic E-state index is 12.7. The van der Waals surface area contributed by atoms with Crippen molar-refractivity contribution in [1.29, 1.82) is 0 Å². The highest BCUT2D eigenvalue weighted by Crippen LogP contribution is 2.13. The van der Waals surface area contributed by atoms with Gasteiger partial charge in [0, 0.05) is 18.8 Å². The van der Waals surface area contributed by atoms with Crippen LogP contribution in [-0.4, -0.2) is 49.1 Å². The lowest BCUT2D eigenvalue weighted by molar-refractivity contribution is -0.149. The molecule has 0 spiro atoms. The average Bonchev–Trinajstić information content (AvgIpc) is 2.73. The first-order valence-electron chi connectivity index (χ1n) is 9.10. The molecule has 1 aliphatic heterocycles. The molecule has 27 heavy (non-hydrogen) atoms. The largest absolute Gasteiger partial charge is 0.459 e. The summed E-state index contributed by atoms with van der Waals surface area (Å²) in [7, 11) is 0. The highest BCUT2D eigenvalue weighted by atomic mass is 16.5. The minimum absolute atomic E-state index is 0.0442. The fraction of sp³-hybridized carbons (Fsp3) is 0.333. The van der Waals surface area contributed by atoms with Gasteiger partial charge in [0.05, 0.1) is 19.6 Å². The Bertz CT molecular complexity index is 730. The van der Waals surface area contributed by atoms with Crippen molar-refractivity contribution in [1.82, 2.24) is 4.90 Å². The summed E-state index contributed by atoms with van der Waals surface area (Å²) in [5.74, 6) is -0.521. The predicted octanol–water partition coefficient (Wildman–Crippen LogP) is 2.46. The van der Waals surface area contributed by atoms with Crippen LogP contribution in [0.4, 0.5) is 5.69 Å². The van der Waals surface area contributed by atoms with E-state index in [0.29, 0.717) is 26.3 Å². The Morgan fingerprint density at radius 3 is 2.30 bits per heavy atom. The van der Waals surface area contributed by atoms with E-state index in [1.165, 1.54) is 0 Å². The van der Waals surface area contributed by atoms with Gasteiger partial charge in [0.1, 0.15) is 12.6 Å². The van der Waals surface area contributed by atoms with E-state index in [4.69, 9.17) is 9.47 Å². The van der Waals surface area contributed by atoms with Gasteiger partial charge >= 0.3 is 5.97 Å². The maximum Gasteiger partial charge on any atom is 0.329 e. The summed E-state index contributed by atoms with van der Waals surface area (Å²) in [5, 5.41) is 3.13. The normalized spacial score (nSPS) is 15.0. The van der Waals surface area contributed by atoms with Crippen molar-refractivity contribution < 1.29 is 19.1 Å². The number of morpholine rings is 1. The Labute approximate surface area is 159 Å². The summed E-state index contributed by atoms with van der Waals surface area (Å²) < 4.78 is 10.7. The lowest BCUT2D eigenvalue weighted by atomic mass is 10.1. The molecule has 0 radical (unpaired) electrons. The Morgan fingerprint density at radius 1 is 1.00 bits per heavy atom. The average molecular weight is 368 g/mol. The zero-order chi connectivity index (χ0) is 18.9. The number of nitrogens with zero attached hydrogens (tertiary/aromatic N) is 1. The Morgan fingerprint density at radius 2 is 1.63 bits per heavy atom. The number of esters is 1. The topological polar surface area (TPSA) is 67.9 Å². The molecule has 0 saturated carbocycles. The van der Waals surface area contributed by atoms with E-state index in [-0.39, 0.29) is 18.9 Å². The first kappa shape index (κ1) is 18.9. The minimum Gasteiger partial charge on any atom is -0.459 e. The van der Waals surface area contributed by atoms with Crippen LogP contribution in [-0.2, 0) is 25.7 Å². The van der Waals surface area contributed by atoms with Crippen LogP contribution >= 0.6 is 0 Å². The molecule has 2 aromatic rings. The monoisotopic (exact) mass is 368 g/mol. The second-order valence-electron chi connectivity index (χ2n) is 6.35. The third-order valence-electron chi connectivity index (χ3n) is 4.37. The van der Waals surface area contributed by atoms with Crippen LogP contribution in [0.5, 0.6) is 0 Å². The van der Waals surface area contributed by atoms with Gasteiger partial charge in [-0.25, -0.2) is 4.79 Å². The summed E-state index contributed by atoms with van der Waals surface area (Å²) in [6, 6.07) is 18.1. The third-order valence-corrected chi connectivity index (χ3v) is 4.37. The van der Waals surface area contributed by atoms with Gasteiger partial charge in [0.15, 0.2) is 0 Å². The molecular formula is C21H24N2O4. The van der Waals surface area contributed by atoms with E-state index >= 15 is 0 Å². The molecule has 1 fully saturated rings. The second-order valence-corrected chi connectivity index (χ2v) is 6.35. The van der Waals surface area contributed by atoms with Crippen LogP contribution < -0.4 is 5.32 Å². The van der Waals surface area contributed by atoms with E-state index in [9.17, 15) is 9.59 Å². The number of nitrogens with one attached hydrogen (secondary N) is 1. The standard InChI is InChI=1S/C21H24N2O4/c24-20(23-11-13-26-14-12-23)15-19(22-18-9-5-2-6-10-18)21(25)27-16-17-7-3-1-4-8-17/h1-10,19,22H,11-16H2/t19-/m1/s1. The number of hydrogen-bond donors (Lipinski definition) is 1. The molecule has 0 aromatic heterocycles. The molecular weight excluding hydrogens is 344 g/mol. The van der Waals surface area contributed by atoms with Crippen molar-refractivity contribution in [2.45, 2.75) is 19.1 Å². The number of ether oxygens (including phenoxy) is 2. The van der Waals surface area contributed by atoms with Gasteiger partial charge in [-0.2, -0.15) is 0 Å². The van der Waals surface area contributed by atoms with Crippen LogP contribution in [0.15, 0.2) is 60.7 Å². The fourth-order valence-corrected chi connectivity index (χ4v) is 2.87. The summed E-state index contributed by atoms with van der Waals surface area (Å²) in [4.78, 5) is 27.0. The van der Waals surface area contributed by atoms with E-state index in [1.807, 2.05) is 60.7 Å². The molecule has 1 atom stereocenters. The summed E-state index contributed by atoms with van der Waals surface area (Å²) >= 11 is 0. The molecule has 6 heteroatoms. The maximum absolute atomic E-state index is 12.7. The molecule has 3 rings (SSSR count). The molecule has 0 unspecified atom stereocenters. The zero-order valence-corrected chi connectivity index (χ0v) is 15.2. The number of carbonyl (C=O) groups is 2. The summed E-state index contributed by atoms with van der Waals surface area (Å²) in [6.45, 7) is 2.34. The molecule has 1 saturated heterocycles. The van der Waals surface area contributed by atoms with Crippen molar-refractivity contribution in [3.8, 4) is 0 Å². The summed E-state index contributed by atoms with van der Waals surface area (Å²) in [5.41, 5.74) is 1.68. The van der Waals surface area contributed by atoms with E-state index < -0.39 is 12.0 Å². The molecule has 1 heterocycles. The predicted molar refractivity (Wildman–Crippen MR) is 102 cm³/mol. The molecule has 1 aliphatic rings. The van der Waals surface area contributed by atoms with Gasteiger partial charge in [-0.05, 0) is 17.7 Å². The molecule has 142 valence electrons. The van der Waals surface area contributed by atoms with Gasteiger partial charge in [-0.15, -0.1) is 0 Å². The van der Waals surface area contributed by atoms with Gasteiger partial charge < -0.3 is 19.7 Å². The van der Waals surface area contributed by atoms with E-state index in [1.54, 1.807) is 4.90 Å². The fourth-order valence-electron chi connectivity index (χ4n) is 2.87. The van der Waals surface area contributed by atoms with Crippen LogP contribution in [0.1, 0.15) is 12.0 Å². The number of para-hydroxylation sites is 1. The number of hydrogen-bond acceptors (Lipinski definition) is 5. The van der Waals surface area contributed by atoms with Crippen molar-refractivity contribution in [3.05, 3.63) is 66.2 Å². The molecule has 0 aliphatic carbocycles. The van der Waals surface area contributed by atoms with Crippen LogP contribution in [0.25, 0.3) is 0 Å². The van der Waals surface area contributed by atoms with Crippen molar-refractivity contribution in [2.75, 3.05) is 31.6 Å². The number of anilines is 1. The van der Waals surface area contributed by atoms with Crippen molar-refractivity contribution >= 4 is 17.6 Å². The number of rotatable bonds is 7. The minimum atomic E-state index is -0.744. The lowest BCUT2D eigenvalue weighted by Crippen LogP contribution is -2.44. The highest BCUT2D eigenvalue weighted by Gasteiger charge is 2.27. The van der Waals surface area contributed by atoms with Gasteiger partial charge in [0.25, 0.3) is 0 Å². The van der Waals surface area contributed by atoms with Crippen LogP contribution in [0.2, 0.25) is 0 Å². The van der Waals surface area contributed by atoms with Crippen molar-refractivity contribution in [2.24, 2.45) is 0 Å². The quantitative estimate of drug-likeness (QED) is 0.761. The molecule has 1 amide bonds. The van der Waals surface area contributed by atoms with Crippen molar-refractivity contribution in [3.63, 3.8) is 0 Å². The second kappa shape index (κ2) is 9.73. The third kappa shape index (κ3) is 5.82. The smallest absolute Gasteiger partial charge is 0.329 e. The Balaban J connectivity index is 1.64. The first-order valence-corrected chi connectivity index (χ1v) is 9.10. The Hall–Kier alpha value is -2.86. The molecule has 6 nitrogen and oxygen atoms in total. The first-order chi connectivity index (χ1) is 13.2. The SMILES string of the molecule is O=C(OCc1ccccc1)[C@@H](CC(=O)N1CCOCC1)Nc1ccccc1. The van der Waals surface area contributed by atoms with Gasteiger partial charge in [-0.3, -0.25) is 4.79 Å². The van der Waals surface area contributed by atoms with Gasteiger partial charge in [0.2, 0.25) is 5.91 Å². The van der Waals surface area contributed by atoms with Crippen LogP contribution in [0.3, 0.4) is 0 Å². The molecule has 0 bridgehead atoms. The summed E-state index contributed by atoms with van der Waals surface area (Å²) in [6.07, 6.45) is 0.0442. The number of amides is 1. The van der Waals surface area contributed by atoms with Crippen LogP contribution in [0, 0.1) is 0 Å². The zero-order valence-electron chi connectivity index (χ0n) is 15.2. The number of carbonyl (C=O) groups excluding carboxylic acids is 2. The molecule has 1 N–H and O–H groups in total. The van der Waals surface area contributed by atoms with E-state index in [0.717, 1.165) is 11.3 Å². The lowest BCUT2D eigenvalue weighted by Gasteiger charge is -2.28.